The second-order valence-electron chi connectivity index (χ2n) is 6.82. The number of carbonyl (C=O) groups is 2. The summed E-state index contributed by atoms with van der Waals surface area (Å²) in [4.78, 5) is 27.2. The highest BCUT2D eigenvalue weighted by atomic mass is 35.5. The summed E-state index contributed by atoms with van der Waals surface area (Å²) in [5.41, 5.74) is 1.92. The number of benzene rings is 3. The van der Waals surface area contributed by atoms with Gasteiger partial charge in [-0.2, -0.15) is 0 Å². The number of esters is 1. The molecular weight excluding hydrogens is 405 g/mol. The minimum absolute atomic E-state index is 0.112. The highest BCUT2D eigenvalue weighted by Gasteiger charge is 2.38. The van der Waals surface area contributed by atoms with E-state index in [0.717, 1.165) is 16.3 Å². The molecule has 1 aliphatic heterocycles. The molecule has 30 heavy (non-hydrogen) atoms. The fraction of sp³-hybridized carbons (Fsp3) is 0.0833. The van der Waals surface area contributed by atoms with Gasteiger partial charge in [0.15, 0.2) is 0 Å². The van der Waals surface area contributed by atoms with Gasteiger partial charge in [-0.3, -0.25) is 9.69 Å². The number of hydrogen-bond donors (Lipinski definition) is 0. The number of fused-ring (bicyclic) bond motifs is 1. The van der Waals surface area contributed by atoms with E-state index in [-0.39, 0.29) is 16.2 Å². The van der Waals surface area contributed by atoms with E-state index < -0.39 is 17.7 Å². The van der Waals surface area contributed by atoms with Crippen LogP contribution in [0.1, 0.15) is 12.5 Å². The second-order valence-corrected chi connectivity index (χ2v) is 7.22. The molecule has 0 N–H and O–H groups in total. The summed E-state index contributed by atoms with van der Waals surface area (Å²) < 4.78 is 18.6. The average molecular weight is 422 g/mol. The molecule has 0 bridgehead atoms. The standard InChI is InChI=1S/C24H17ClFNO3/c1-14-22(24(29)30-2)19(12-16-8-5-7-15-6-3-4-9-18(15)16)23(28)27(14)17-10-11-21(26)20(25)13-17/h3-13H,1-2H3/b19-12-. The summed E-state index contributed by atoms with van der Waals surface area (Å²) in [6.07, 6.45) is 1.69. The van der Waals surface area contributed by atoms with Crippen molar-refractivity contribution >= 4 is 46.0 Å². The summed E-state index contributed by atoms with van der Waals surface area (Å²) in [5.74, 6) is -1.63. The molecule has 0 saturated carbocycles. The van der Waals surface area contributed by atoms with Crippen LogP contribution in [0.25, 0.3) is 16.8 Å². The number of halogens is 2. The lowest BCUT2D eigenvalue weighted by atomic mass is 9.99. The van der Waals surface area contributed by atoms with Crippen molar-refractivity contribution < 1.29 is 18.7 Å². The molecule has 150 valence electrons. The van der Waals surface area contributed by atoms with Gasteiger partial charge in [-0.05, 0) is 47.5 Å². The lowest BCUT2D eigenvalue weighted by Gasteiger charge is -2.18. The third-order valence-electron chi connectivity index (χ3n) is 5.07. The third-order valence-corrected chi connectivity index (χ3v) is 5.36. The van der Waals surface area contributed by atoms with E-state index in [1.54, 1.807) is 13.0 Å². The van der Waals surface area contributed by atoms with Crippen LogP contribution in [0.5, 0.6) is 0 Å². The topological polar surface area (TPSA) is 46.6 Å². The molecule has 4 nitrogen and oxygen atoms in total. The molecule has 6 heteroatoms. The molecule has 0 saturated heterocycles. The van der Waals surface area contributed by atoms with Gasteiger partial charge in [-0.25, -0.2) is 9.18 Å². The Hall–Kier alpha value is -3.44. The fourth-order valence-corrected chi connectivity index (χ4v) is 3.82. The number of nitrogens with zero attached hydrogens (tertiary/aromatic N) is 1. The molecular formula is C24H17ClFNO3. The summed E-state index contributed by atoms with van der Waals surface area (Å²) in [6, 6.07) is 17.5. The number of ether oxygens (including phenoxy) is 1. The molecule has 0 unspecified atom stereocenters. The van der Waals surface area contributed by atoms with E-state index >= 15 is 0 Å². The zero-order chi connectivity index (χ0) is 21.4. The average Bonchev–Trinajstić information content (AvgIpc) is 2.99. The zero-order valence-electron chi connectivity index (χ0n) is 16.3. The van der Waals surface area contributed by atoms with Crippen molar-refractivity contribution in [2.24, 2.45) is 0 Å². The van der Waals surface area contributed by atoms with Crippen LogP contribution in [0.15, 0.2) is 77.5 Å². The Bertz CT molecular complexity index is 1260. The third kappa shape index (κ3) is 3.27. The Morgan fingerprint density at radius 1 is 1.10 bits per heavy atom. The molecule has 0 fully saturated rings. The Kier molecular flexibility index (Phi) is 5.14. The monoisotopic (exact) mass is 421 g/mol. The second kappa shape index (κ2) is 7.76. The van der Waals surface area contributed by atoms with Crippen LogP contribution in [-0.2, 0) is 14.3 Å². The van der Waals surface area contributed by atoms with Crippen molar-refractivity contribution in [3.8, 4) is 0 Å². The number of amides is 1. The Morgan fingerprint density at radius 3 is 2.57 bits per heavy atom. The SMILES string of the molecule is COC(=O)C1=C(C)N(c2ccc(F)c(Cl)c2)C(=O)/C1=C\c1cccc2ccccc12. The predicted octanol–water partition coefficient (Wildman–Crippen LogP) is 5.51. The number of carbonyl (C=O) groups excluding carboxylic acids is 2. The Morgan fingerprint density at radius 2 is 1.83 bits per heavy atom. The summed E-state index contributed by atoms with van der Waals surface area (Å²) >= 11 is 5.91. The van der Waals surface area contributed by atoms with E-state index in [1.165, 1.54) is 30.2 Å². The van der Waals surface area contributed by atoms with E-state index in [1.807, 2.05) is 42.5 Å². The van der Waals surface area contributed by atoms with Crippen molar-refractivity contribution in [2.75, 3.05) is 12.0 Å². The van der Waals surface area contributed by atoms with Crippen LogP contribution in [0.4, 0.5) is 10.1 Å². The normalized spacial score (nSPS) is 15.4. The van der Waals surface area contributed by atoms with E-state index in [0.29, 0.717) is 11.4 Å². The van der Waals surface area contributed by atoms with Crippen LogP contribution in [0.2, 0.25) is 5.02 Å². The maximum Gasteiger partial charge on any atom is 0.340 e. The van der Waals surface area contributed by atoms with E-state index in [9.17, 15) is 14.0 Å². The largest absolute Gasteiger partial charge is 0.465 e. The molecule has 1 heterocycles. The zero-order valence-corrected chi connectivity index (χ0v) is 17.0. The summed E-state index contributed by atoms with van der Waals surface area (Å²) in [7, 11) is 1.26. The Balaban J connectivity index is 1.90. The van der Waals surface area contributed by atoms with E-state index in [4.69, 9.17) is 16.3 Å². The van der Waals surface area contributed by atoms with Gasteiger partial charge in [0.05, 0.1) is 29.0 Å². The van der Waals surface area contributed by atoms with Gasteiger partial charge in [0.25, 0.3) is 5.91 Å². The van der Waals surface area contributed by atoms with Crippen molar-refractivity contribution in [1.82, 2.24) is 0 Å². The van der Waals surface area contributed by atoms with Gasteiger partial charge in [0.1, 0.15) is 5.82 Å². The van der Waals surface area contributed by atoms with E-state index in [2.05, 4.69) is 0 Å². The van der Waals surface area contributed by atoms with Crippen LogP contribution in [0, 0.1) is 5.82 Å². The van der Waals surface area contributed by atoms with Gasteiger partial charge in [-0.1, -0.05) is 54.1 Å². The molecule has 0 aromatic heterocycles. The van der Waals surface area contributed by atoms with Gasteiger partial charge in [-0.15, -0.1) is 0 Å². The van der Waals surface area contributed by atoms with Gasteiger partial charge in [0.2, 0.25) is 0 Å². The molecule has 1 aliphatic rings. The fourth-order valence-electron chi connectivity index (χ4n) is 3.65. The quantitative estimate of drug-likeness (QED) is 0.414. The van der Waals surface area contributed by atoms with Crippen LogP contribution in [0.3, 0.4) is 0 Å². The van der Waals surface area contributed by atoms with Crippen molar-refractivity contribution in [1.29, 1.82) is 0 Å². The lowest BCUT2D eigenvalue weighted by molar-refractivity contribution is -0.136. The van der Waals surface area contributed by atoms with Crippen molar-refractivity contribution in [2.45, 2.75) is 6.92 Å². The Labute approximate surface area is 177 Å². The number of anilines is 1. The lowest BCUT2D eigenvalue weighted by Crippen LogP contribution is -2.24. The van der Waals surface area contributed by atoms with Gasteiger partial charge >= 0.3 is 5.97 Å². The minimum atomic E-state index is -0.622. The van der Waals surface area contributed by atoms with Crippen molar-refractivity contribution in [3.05, 3.63) is 93.9 Å². The molecule has 0 atom stereocenters. The summed E-state index contributed by atoms with van der Waals surface area (Å²) in [5, 5.41) is 1.85. The first kappa shape index (κ1) is 19.9. The minimum Gasteiger partial charge on any atom is -0.465 e. The highest BCUT2D eigenvalue weighted by Crippen LogP contribution is 2.37. The van der Waals surface area contributed by atoms with Gasteiger partial charge < -0.3 is 4.74 Å². The maximum atomic E-state index is 13.6. The first-order chi connectivity index (χ1) is 14.4. The van der Waals surface area contributed by atoms with Crippen LogP contribution in [-0.4, -0.2) is 19.0 Å². The molecule has 0 aliphatic carbocycles. The number of rotatable bonds is 3. The first-order valence-corrected chi connectivity index (χ1v) is 9.58. The molecule has 0 radical (unpaired) electrons. The predicted molar refractivity (Wildman–Crippen MR) is 116 cm³/mol. The summed E-state index contributed by atoms with van der Waals surface area (Å²) in [6.45, 7) is 1.64. The molecule has 0 spiro atoms. The van der Waals surface area contributed by atoms with Gasteiger partial charge in [0, 0.05) is 5.70 Å². The van der Waals surface area contributed by atoms with Crippen LogP contribution < -0.4 is 4.90 Å². The van der Waals surface area contributed by atoms with Crippen molar-refractivity contribution in [3.63, 3.8) is 0 Å². The molecule has 4 rings (SSSR count). The molecule has 1 amide bonds. The first-order valence-electron chi connectivity index (χ1n) is 9.21. The molecule has 3 aromatic carbocycles. The maximum absolute atomic E-state index is 13.6. The number of hydrogen-bond acceptors (Lipinski definition) is 3. The number of methoxy groups -OCH3 is 1. The number of allylic oxidation sites excluding steroid dienone is 1. The smallest absolute Gasteiger partial charge is 0.340 e. The molecule has 3 aromatic rings. The highest BCUT2D eigenvalue weighted by molar-refractivity contribution is 6.31. The van der Waals surface area contributed by atoms with Crippen LogP contribution >= 0.6 is 11.6 Å².